The minimum Gasteiger partial charge on any atom is -0.467 e. The number of rotatable bonds is 8. The number of methoxy groups -OCH3 is 1. The van der Waals surface area contributed by atoms with Gasteiger partial charge in [-0.05, 0) is 43.5 Å². The maximum Gasteiger partial charge on any atom is 0.315 e. The second kappa shape index (κ2) is 12.8. The molecule has 210 valence electrons. The predicted octanol–water partition coefficient (Wildman–Crippen LogP) is 2.91. The second-order valence-corrected chi connectivity index (χ2v) is 11.1. The molecule has 0 unspecified atom stereocenters. The second-order valence-electron chi connectivity index (χ2n) is 8.37. The lowest BCUT2D eigenvalue weighted by Crippen LogP contribution is -2.37. The lowest BCUT2D eigenvalue weighted by Gasteiger charge is -2.28. The third-order valence-electron chi connectivity index (χ3n) is 5.67. The Bertz CT molecular complexity index is 1590. The molecule has 2 aromatic heterocycles. The number of hydrogen-bond donors (Lipinski definition) is 3. The number of amidine groups is 1. The summed E-state index contributed by atoms with van der Waals surface area (Å²) in [5.41, 5.74) is 3.29. The number of hydroxylamine groups is 1. The summed E-state index contributed by atoms with van der Waals surface area (Å²) in [7, 11) is -2.49. The summed E-state index contributed by atoms with van der Waals surface area (Å²) < 4.78 is 40.1. The van der Waals surface area contributed by atoms with Gasteiger partial charge in [-0.1, -0.05) is 12.1 Å². The number of carbonyl (C=O) groups excluding carboxylic acids is 1. The molecule has 0 aliphatic carbocycles. The van der Waals surface area contributed by atoms with Gasteiger partial charge in [0.2, 0.25) is 0 Å². The van der Waals surface area contributed by atoms with E-state index in [4.69, 9.17) is 19.7 Å². The maximum absolute atomic E-state index is 13.1. The first-order chi connectivity index (χ1) is 19.2. The van der Waals surface area contributed by atoms with Gasteiger partial charge in [0.1, 0.15) is 5.00 Å². The molecule has 1 aromatic carbocycles. The van der Waals surface area contributed by atoms with E-state index >= 15 is 0 Å². The Balaban J connectivity index is 1.67. The standard InChI is InChI=1S/C25H27N7O6S2/c1-16(15-27-25(26-2)37-3)23-28-19-14-21(39-22(19)24(29-23)32-10-12-38-13-11-32)31-40(35,36)18-7-4-17(5-8-18)6-9-20(33)30-34/h4-9,14-15,31,34H,2,10-13H2,1,3H3,(H,30,33)/b9-6+,16-15+,27-25?. The van der Waals surface area contributed by atoms with E-state index in [1.807, 2.05) is 0 Å². The molecule has 1 aliphatic heterocycles. The Morgan fingerprint density at radius 2 is 1.98 bits per heavy atom. The number of aromatic nitrogens is 2. The van der Waals surface area contributed by atoms with Crippen LogP contribution in [0.4, 0.5) is 10.8 Å². The number of benzene rings is 1. The topological polar surface area (TPSA) is 168 Å². The highest BCUT2D eigenvalue weighted by molar-refractivity contribution is 7.93. The number of hydrogen-bond acceptors (Lipinski definition) is 11. The fraction of sp³-hybridized carbons (Fsp3) is 0.240. The lowest BCUT2D eigenvalue weighted by molar-refractivity contribution is -0.124. The average Bonchev–Trinajstić information content (AvgIpc) is 3.38. The Morgan fingerprint density at radius 1 is 1.25 bits per heavy atom. The molecule has 0 spiro atoms. The average molecular weight is 586 g/mol. The van der Waals surface area contributed by atoms with Crippen molar-refractivity contribution in [2.45, 2.75) is 11.8 Å². The van der Waals surface area contributed by atoms with Crippen LogP contribution in [-0.2, 0) is 24.3 Å². The van der Waals surface area contributed by atoms with Gasteiger partial charge in [0, 0.05) is 30.9 Å². The molecule has 1 aliphatic rings. The largest absolute Gasteiger partial charge is 0.467 e. The zero-order valence-electron chi connectivity index (χ0n) is 21.7. The van der Waals surface area contributed by atoms with E-state index in [1.54, 1.807) is 25.1 Å². The number of sulfonamides is 1. The van der Waals surface area contributed by atoms with E-state index in [0.29, 0.717) is 59.6 Å². The van der Waals surface area contributed by atoms with Crippen LogP contribution in [-0.4, -0.2) is 75.7 Å². The zero-order valence-corrected chi connectivity index (χ0v) is 23.3. The SMILES string of the molecule is C=NC(=N/C=C(\C)c1nc(N2CCOCC2)c2sc(NS(=O)(=O)c3ccc(/C=C/C(=O)NO)cc3)cc2n1)OC. The molecular formula is C25H27N7O6S2. The van der Waals surface area contributed by atoms with Crippen LogP contribution in [0.1, 0.15) is 18.3 Å². The van der Waals surface area contributed by atoms with E-state index in [2.05, 4.69) is 31.3 Å². The van der Waals surface area contributed by atoms with Crippen molar-refractivity contribution in [1.29, 1.82) is 0 Å². The maximum atomic E-state index is 13.1. The molecule has 0 bridgehead atoms. The number of ether oxygens (including phenoxy) is 2. The fourth-order valence-corrected chi connectivity index (χ4v) is 5.95. The van der Waals surface area contributed by atoms with Gasteiger partial charge >= 0.3 is 6.02 Å². The minimum absolute atomic E-state index is 0.0373. The van der Waals surface area contributed by atoms with Gasteiger partial charge in [-0.3, -0.25) is 14.7 Å². The summed E-state index contributed by atoms with van der Waals surface area (Å²) in [6.45, 7) is 7.55. The summed E-state index contributed by atoms with van der Waals surface area (Å²) in [6, 6.07) is 7.70. The highest BCUT2D eigenvalue weighted by atomic mass is 32.2. The number of carbonyl (C=O) groups is 1. The van der Waals surface area contributed by atoms with Gasteiger partial charge in [0.05, 0.1) is 35.4 Å². The van der Waals surface area contributed by atoms with E-state index in [1.165, 1.54) is 48.3 Å². The Morgan fingerprint density at radius 3 is 2.62 bits per heavy atom. The Labute approximate surface area is 234 Å². The van der Waals surface area contributed by atoms with Crippen LogP contribution in [0, 0.1) is 0 Å². The van der Waals surface area contributed by atoms with Gasteiger partial charge < -0.3 is 14.4 Å². The summed E-state index contributed by atoms with van der Waals surface area (Å²) in [5.74, 6) is 0.396. The van der Waals surface area contributed by atoms with Crippen LogP contribution in [0.5, 0.6) is 0 Å². The highest BCUT2D eigenvalue weighted by Gasteiger charge is 2.22. The number of allylic oxidation sites excluding steroid dienone is 1. The predicted molar refractivity (Wildman–Crippen MR) is 154 cm³/mol. The molecule has 15 heteroatoms. The number of aliphatic imine (C=N–C) groups is 2. The summed E-state index contributed by atoms with van der Waals surface area (Å²) in [4.78, 5) is 30.6. The smallest absolute Gasteiger partial charge is 0.315 e. The lowest BCUT2D eigenvalue weighted by atomic mass is 10.2. The molecule has 0 radical (unpaired) electrons. The first kappa shape index (κ1) is 28.8. The van der Waals surface area contributed by atoms with Crippen molar-refractivity contribution in [3.05, 3.63) is 54.0 Å². The number of fused-ring (bicyclic) bond motifs is 1. The fourth-order valence-electron chi connectivity index (χ4n) is 3.66. The van der Waals surface area contributed by atoms with Crippen molar-refractivity contribution < 1.29 is 27.9 Å². The van der Waals surface area contributed by atoms with Crippen molar-refractivity contribution in [3.8, 4) is 0 Å². The van der Waals surface area contributed by atoms with Gasteiger partial charge in [0.25, 0.3) is 15.9 Å². The van der Waals surface area contributed by atoms with Crippen molar-refractivity contribution in [1.82, 2.24) is 15.4 Å². The minimum atomic E-state index is -3.93. The van der Waals surface area contributed by atoms with Crippen LogP contribution in [0.2, 0.25) is 0 Å². The van der Waals surface area contributed by atoms with Gasteiger partial charge in [0.15, 0.2) is 11.6 Å². The number of thiophene rings is 1. The molecule has 3 aromatic rings. The molecule has 4 rings (SSSR count). The first-order valence-corrected chi connectivity index (χ1v) is 14.2. The quantitative estimate of drug-likeness (QED) is 0.118. The van der Waals surface area contributed by atoms with Crippen LogP contribution < -0.4 is 15.1 Å². The number of amides is 1. The van der Waals surface area contributed by atoms with Crippen molar-refractivity contribution in [3.63, 3.8) is 0 Å². The molecule has 3 heterocycles. The van der Waals surface area contributed by atoms with Crippen molar-refractivity contribution in [2.75, 3.05) is 43.0 Å². The van der Waals surface area contributed by atoms with Gasteiger partial charge in [-0.15, -0.1) is 11.3 Å². The monoisotopic (exact) mass is 585 g/mol. The molecule has 0 atom stereocenters. The molecule has 1 saturated heterocycles. The highest BCUT2D eigenvalue weighted by Crippen LogP contribution is 2.37. The molecular weight excluding hydrogens is 558 g/mol. The normalized spacial score (nSPS) is 14.9. The summed E-state index contributed by atoms with van der Waals surface area (Å²) in [6.07, 6.45) is 4.09. The molecule has 0 saturated carbocycles. The Hall–Kier alpha value is -4.18. The molecule has 13 nitrogen and oxygen atoms in total. The van der Waals surface area contributed by atoms with E-state index in [0.717, 1.165) is 10.8 Å². The van der Waals surface area contributed by atoms with Crippen molar-refractivity contribution in [2.24, 2.45) is 9.98 Å². The summed E-state index contributed by atoms with van der Waals surface area (Å²) >= 11 is 1.23. The number of nitrogens with zero attached hydrogens (tertiary/aromatic N) is 5. The zero-order chi connectivity index (χ0) is 28.7. The van der Waals surface area contributed by atoms with Crippen LogP contribution in [0.25, 0.3) is 21.9 Å². The van der Waals surface area contributed by atoms with E-state index in [9.17, 15) is 13.2 Å². The molecule has 3 N–H and O–H groups in total. The number of nitrogens with one attached hydrogen (secondary N) is 2. The van der Waals surface area contributed by atoms with Crippen LogP contribution in [0.3, 0.4) is 0 Å². The number of anilines is 2. The third-order valence-corrected chi connectivity index (χ3v) is 8.21. The van der Waals surface area contributed by atoms with E-state index in [-0.39, 0.29) is 10.9 Å². The Kier molecular flexibility index (Phi) is 9.21. The van der Waals surface area contributed by atoms with Crippen molar-refractivity contribution >= 4 is 72.7 Å². The van der Waals surface area contributed by atoms with Crippen LogP contribution in [0.15, 0.2) is 57.5 Å². The molecule has 40 heavy (non-hydrogen) atoms. The third kappa shape index (κ3) is 6.87. The summed E-state index contributed by atoms with van der Waals surface area (Å²) in [5, 5.41) is 8.95. The van der Waals surface area contributed by atoms with E-state index < -0.39 is 15.9 Å². The first-order valence-electron chi connectivity index (χ1n) is 11.9. The molecule has 1 amide bonds. The molecule has 1 fully saturated rings. The van der Waals surface area contributed by atoms with Crippen LogP contribution >= 0.6 is 11.3 Å². The number of morpholine rings is 1. The van der Waals surface area contributed by atoms with Gasteiger partial charge in [-0.2, -0.15) is 0 Å². The van der Waals surface area contributed by atoms with Gasteiger partial charge in [-0.25, -0.2) is 33.9 Å².